The molecule has 0 fully saturated rings. The van der Waals surface area contributed by atoms with E-state index in [2.05, 4.69) is 4.98 Å². The van der Waals surface area contributed by atoms with Gasteiger partial charge in [0.2, 0.25) is 5.30 Å². The molecular formula is C12H9NOP+. The number of rotatable bonds is 0. The zero-order chi connectivity index (χ0) is 10.3. The van der Waals surface area contributed by atoms with Gasteiger partial charge in [0.15, 0.2) is 6.16 Å². The third-order valence-electron chi connectivity index (χ3n) is 2.60. The van der Waals surface area contributed by atoms with E-state index in [4.69, 9.17) is 0 Å². The second-order valence-electron chi connectivity index (χ2n) is 3.54. The summed E-state index contributed by atoms with van der Waals surface area (Å²) in [6.45, 7) is 0. The van der Waals surface area contributed by atoms with Crippen LogP contribution < -0.4 is 5.30 Å². The van der Waals surface area contributed by atoms with Crippen molar-refractivity contribution in [3.8, 4) is 0 Å². The molecule has 0 saturated carbocycles. The number of benzene rings is 1. The quantitative estimate of drug-likeness (QED) is 0.631. The third kappa shape index (κ3) is 1.30. The predicted molar refractivity (Wildman–Crippen MR) is 62.9 cm³/mol. The van der Waals surface area contributed by atoms with E-state index < -0.39 is 7.80 Å². The van der Waals surface area contributed by atoms with Crippen LogP contribution in [0.2, 0.25) is 0 Å². The lowest BCUT2D eigenvalue weighted by Crippen LogP contribution is -2.10. The van der Waals surface area contributed by atoms with Gasteiger partial charge in [-0.05, 0) is 18.2 Å². The number of fused-ring (bicyclic) bond motifs is 3. The molecule has 0 spiro atoms. The van der Waals surface area contributed by atoms with Crippen LogP contribution >= 0.6 is 7.80 Å². The van der Waals surface area contributed by atoms with Gasteiger partial charge in [-0.1, -0.05) is 22.8 Å². The minimum atomic E-state index is -1.31. The zero-order valence-corrected chi connectivity index (χ0v) is 8.95. The molecule has 1 aromatic carbocycles. The first-order valence-electron chi connectivity index (χ1n) is 4.85. The van der Waals surface area contributed by atoms with Gasteiger partial charge in [-0.25, -0.2) is 0 Å². The van der Waals surface area contributed by atoms with Crippen LogP contribution in [0.25, 0.3) is 16.8 Å². The van der Waals surface area contributed by atoms with Crippen LogP contribution in [0.15, 0.2) is 36.5 Å². The van der Waals surface area contributed by atoms with Crippen molar-refractivity contribution in [2.75, 3.05) is 6.16 Å². The second kappa shape index (κ2) is 3.25. The van der Waals surface area contributed by atoms with E-state index in [0.29, 0.717) is 6.16 Å². The highest BCUT2D eigenvalue weighted by atomic mass is 31.1. The summed E-state index contributed by atoms with van der Waals surface area (Å²) >= 11 is 0. The monoisotopic (exact) mass is 214 g/mol. The van der Waals surface area contributed by atoms with E-state index >= 15 is 0 Å². The highest BCUT2D eigenvalue weighted by molar-refractivity contribution is 7.54. The fourth-order valence-corrected chi connectivity index (χ4v) is 3.24. The van der Waals surface area contributed by atoms with Crippen LogP contribution in [0.4, 0.5) is 0 Å². The summed E-state index contributed by atoms with van der Waals surface area (Å²) in [7, 11) is -1.31. The van der Waals surface area contributed by atoms with Crippen LogP contribution in [0, 0.1) is 0 Å². The molecule has 3 rings (SSSR count). The summed E-state index contributed by atoms with van der Waals surface area (Å²) in [6.07, 6.45) is 6.37. The Kier molecular flexibility index (Phi) is 1.90. The summed E-state index contributed by atoms with van der Waals surface area (Å²) in [6, 6.07) is 7.97. The van der Waals surface area contributed by atoms with E-state index in [0.717, 1.165) is 21.8 Å². The number of pyridine rings is 1. The molecule has 1 aliphatic rings. The fourth-order valence-electron chi connectivity index (χ4n) is 1.90. The molecule has 0 saturated heterocycles. The van der Waals surface area contributed by atoms with Crippen molar-refractivity contribution in [3.05, 3.63) is 42.2 Å². The van der Waals surface area contributed by atoms with Gasteiger partial charge in [-0.15, -0.1) is 0 Å². The lowest BCUT2D eigenvalue weighted by atomic mass is 10.1. The largest absolute Gasteiger partial charge is 0.383 e. The van der Waals surface area contributed by atoms with Crippen LogP contribution in [0.5, 0.6) is 0 Å². The van der Waals surface area contributed by atoms with Crippen LogP contribution in [-0.2, 0) is 4.57 Å². The maximum absolute atomic E-state index is 12.0. The first kappa shape index (κ1) is 8.75. The SMILES string of the molecule is O=[P+]1CC=Cc2ncc3ccccc3c21. The maximum Gasteiger partial charge on any atom is 0.383 e. The van der Waals surface area contributed by atoms with Crippen molar-refractivity contribution in [1.29, 1.82) is 0 Å². The van der Waals surface area contributed by atoms with Crippen molar-refractivity contribution in [3.63, 3.8) is 0 Å². The molecule has 1 aromatic heterocycles. The summed E-state index contributed by atoms with van der Waals surface area (Å²) in [5.74, 6) is 0. The fraction of sp³-hybridized carbons (Fsp3) is 0.0833. The smallest absolute Gasteiger partial charge is 0.251 e. The molecule has 2 heterocycles. The van der Waals surface area contributed by atoms with Gasteiger partial charge in [0, 0.05) is 17.0 Å². The van der Waals surface area contributed by atoms with Gasteiger partial charge < -0.3 is 0 Å². The van der Waals surface area contributed by atoms with Gasteiger partial charge >= 0.3 is 7.80 Å². The van der Waals surface area contributed by atoms with Crippen molar-refractivity contribution < 1.29 is 4.57 Å². The van der Waals surface area contributed by atoms with E-state index in [9.17, 15) is 4.57 Å². The molecule has 15 heavy (non-hydrogen) atoms. The molecule has 0 bridgehead atoms. The molecule has 72 valence electrons. The highest BCUT2D eigenvalue weighted by Crippen LogP contribution is 2.30. The van der Waals surface area contributed by atoms with E-state index in [-0.39, 0.29) is 0 Å². The molecular weight excluding hydrogens is 205 g/mol. The Morgan fingerprint density at radius 3 is 3.07 bits per heavy atom. The minimum Gasteiger partial charge on any atom is -0.251 e. The number of nitrogens with zero attached hydrogens (tertiary/aromatic N) is 1. The average molecular weight is 214 g/mol. The van der Waals surface area contributed by atoms with Crippen molar-refractivity contribution in [2.24, 2.45) is 0 Å². The second-order valence-corrected chi connectivity index (χ2v) is 5.11. The maximum atomic E-state index is 12.0. The third-order valence-corrected chi connectivity index (χ3v) is 4.11. The highest BCUT2D eigenvalue weighted by Gasteiger charge is 2.28. The van der Waals surface area contributed by atoms with E-state index in [1.807, 2.05) is 42.6 Å². The Hall–Kier alpha value is -1.53. The van der Waals surface area contributed by atoms with Gasteiger partial charge in [-0.3, -0.25) is 4.98 Å². The lowest BCUT2D eigenvalue weighted by molar-refractivity contribution is 0.594. The minimum absolute atomic E-state index is 0.637. The lowest BCUT2D eigenvalue weighted by Gasteiger charge is -2.03. The number of hydrogen-bond donors (Lipinski definition) is 0. The average Bonchev–Trinajstić information content (AvgIpc) is 2.29. The van der Waals surface area contributed by atoms with Crippen LogP contribution in [-0.4, -0.2) is 11.1 Å². The summed E-state index contributed by atoms with van der Waals surface area (Å²) < 4.78 is 12.0. The van der Waals surface area contributed by atoms with Gasteiger partial charge in [0.1, 0.15) is 5.69 Å². The molecule has 0 N–H and O–H groups in total. The molecule has 2 nitrogen and oxygen atoms in total. The van der Waals surface area contributed by atoms with Gasteiger partial charge in [0.25, 0.3) is 0 Å². The normalized spacial score (nSPS) is 16.7. The first-order valence-corrected chi connectivity index (χ1v) is 6.30. The number of aromatic nitrogens is 1. The topological polar surface area (TPSA) is 30.0 Å². The van der Waals surface area contributed by atoms with Crippen molar-refractivity contribution in [2.45, 2.75) is 0 Å². The molecule has 1 atom stereocenters. The van der Waals surface area contributed by atoms with Crippen LogP contribution in [0.3, 0.4) is 0 Å². The Bertz CT molecular complexity index is 589. The van der Waals surface area contributed by atoms with Crippen LogP contribution in [0.1, 0.15) is 5.69 Å². The Labute approximate surface area is 88.4 Å². The summed E-state index contributed by atoms with van der Waals surface area (Å²) in [4.78, 5) is 4.33. The Morgan fingerprint density at radius 1 is 1.27 bits per heavy atom. The van der Waals surface area contributed by atoms with Crippen molar-refractivity contribution in [1.82, 2.24) is 4.98 Å². The molecule has 3 heteroatoms. The number of hydrogen-bond acceptors (Lipinski definition) is 2. The molecule has 1 aliphatic heterocycles. The Morgan fingerprint density at radius 2 is 2.13 bits per heavy atom. The standard InChI is InChI=1S/C12H9NOP/c14-15-7-3-6-11-12(15)10-5-2-1-4-9(10)8-13-11/h1-6,8H,7H2/q+1. The van der Waals surface area contributed by atoms with E-state index in [1.54, 1.807) is 0 Å². The molecule has 0 radical (unpaired) electrons. The first-order chi connectivity index (χ1) is 7.36. The van der Waals surface area contributed by atoms with Crippen molar-refractivity contribution >= 4 is 30.0 Å². The van der Waals surface area contributed by atoms with Gasteiger partial charge in [0.05, 0.1) is 0 Å². The molecule has 1 unspecified atom stereocenters. The van der Waals surface area contributed by atoms with E-state index in [1.165, 1.54) is 0 Å². The molecule has 0 amide bonds. The predicted octanol–water partition coefficient (Wildman–Crippen LogP) is 2.71. The Balaban J connectivity index is 2.47. The summed E-state index contributed by atoms with van der Waals surface area (Å²) in [5.41, 5.74) is 0.862. The zero-order valence-electron chi connectivity index (χ0n) is 8.05. The number of allylic oxidation sites excluding steroid dienone is 1. The van der Waals surface area contributed by atoms with Gasteiger partial charge in [-0.2, -0.15) is 0 Å². The molecule has 0 aliphatic carbocycles. The summed E-state index contributed by atoms with van der Waals surface area (Å²) in [5, 5.41) is 3.06. The molecule has 2 aromatic rings.